The van der Waals surface area contributed by atoms with Crippen molar-refractivity contribution in [2.75, 3.05) is 0 Å². The van der Waals surface area contributed by atoms with Crippen LogP contribution < -0.4 is 0 Å². The molecule has 0 saturated carbocycles. The first kappa shape index (κ1) is 9.43. The van der Waals surface area contributed by atoms with Gasteiger partial charge in [-0.25, -0.2) is 0 Å². The van der Waals surface area contributed by atoms with Crippen molar-refractivity contribution in [2.24, 2.45) is 11.8 Å². The van der Waals surface area contributed by atoms with E-state index in [0.29, 0.717) is 0 Å². The van der Waals surface area contributed by atoms with E-state index < -0.39 is 0 Å². The molecule has 0 radical (unpaired) electrons. The Hall–Kier alpha value is 0.428. The van der Waals surface area contributed by atoms with Crippen LogP contribution in [0.15, 0.2) is 12.2 Å². The summed E-state index contributed by atoms with van der Waals surface area (Å²) in [5.41, 5.74) is 0. The van der Waals surface area contributed by atoms with Crippen molar-refractivity contribution in [1.82, 2.24) is 0 Å². The fourth-order valence-corrected chi connectivity index (χ4v) is 1.21. The average Bonchev–Trinajstić information content (AvgIpc) is 2.12. The van der Waals surface area contributed by atoms with Gasteiger partial charge in [0, 0.05) is 21.1 Å². The molecule has 0 N–H and O–H groups in total. The second-order valence-electron chi connectivity index (χ2n) is 2.91. The van der Waals surface area contributed by atoms with Gasteiger partial charge in [0.1, 0.15) is 0 Å². The molecule has 1 atom stereocenters. The molecule has 1 heteroatoms. The van der Waals surface area contributed by atoms with Crippen molar-refractivity contribution in [3.63, 3.8) is 0 Å². The van der Waals surface area contributed by atoms with Crippen LogP contribution >= 0.6 is 0 Å². The summed E-state index contributed by atoms with van der Waals surface area (Å²) in [5, 5.41) is 0. The Morgan fingerprint density at radius 1 is 1.44 bits per heavy atom. The average molecular weight is 294 g/mol. The Labute approximate surface area is 72.0 Å². The molecule has 52 valence electrons. The maximum atomic E-state index is 2.35. The van der Waals surface area contributed by atoms with Crippen LogP contribution in [0.25, 0.3) is 0 Å². The molecule has 0 nitrogen and oxygen atoms in total. The van der Waals surface area contributed by atoms with Gasteiger partial charge in [-0.1, -0.05) is 26.0 Å². The molecule has 1 rings (SSSR count). The summed E-state index contributed by atoms with van der Waals surface area (Å²) in [6.07, 6.45) is 7.34. The monoisotopic (exact) mass is 294 g/mol. The molecule has 0 aromatic heterocycles. The number of hydrogen-bond donors (Lipinski definition) is 0. The van der Waals surface area contributed by atoms with Crippen LogP contribution in [0.3, 0.4) is 0 Å². The van der Waals surface area contributed by atoms with Gasteiger partial charge in [0.15, 0.2) is 0 Å². The molecule has 9 heavy (non-hydrogen) atoms. The summed E-state index contributed by atoms with van der Waals surface area (Å²) in [5.74, 6) is 1.74. The van der Waals surface area contributed by atoms with E-state index in [1.54, 1.807) is 0 Å². The molecule has 0 bridgehead atoms. The third-order valence-corrected chi connectivity index (χ3v) is 1.91. The molecule has 1 aliphatic carbocycles. The molecule has 0 heterocycles. The molecule has 1 unspecified atom stereocenters. The van der Waals surface area contributed by atoms with Gasteiger partial charge in [0.05, 0.1) is 0 Å². The Morgan fingerprint density at radius 3 is 2.33 bits per heavy atom. The summed E-state index contributed by atoms with van der Waals surface area (Å²) in [7, 11) is 0. The summed E-state index contributed by atoms with van der Waals surface area (Å²) in [6.45, 7) is 4.58. The van der Waals surface area contributed by atoms with Crippen molar-refractivity contribution >= 4 is 0 Å². The van der Waals surface area contributed by atoms with Gasteiger partial charge < -0.3 is 0 Å². The van der Waals surface area contributed by atoms with Crippen molar-refractivity contribution in [3.05, 3.63) is 12.2 Å². The van der Waals surface area contributed by atoms with Crippen molar-refractivity contribution in [1.29, 1.82) is 0 Å². The topological polar surface area (TPSA) is 0 Å². The molecule has 0 saturated heterocycles. The molecular formula is C8H14W. The Morgan fingerprint density at radius 2 is 2.11 bits per heavy atom. The van der Waals surface area contributed by atoms with E-state index in [1.165, 1.54) is 12.8 Å². The molecule has 0 amide bonds. The number of rotatable bonds is 1. The van der Waals surface area contributed by atoms with Crippen LogP contribution in [0.4, 0.5) is 0 Å². The predicted molar refractivity (Wildman–Crippen MR) is 36.7 cm³/mol. The zero-order valence-electron chi connectivity index (χ0n) is 6.13. The first-order chi connectivity index (χ1) is 3.80. The molecule has 0 aromatic rings. The fourth-order valence-electron chi connectivity index (χ4n) is 1.21. The summed E-state index contributed by atoms with van der Waals surface area (Å²) in [4.78, 5) is 0. The zero-order chi connectivity index (χ0) is 5.98. The van der Waals surface area contributed by atoms with Gasteiger partial charge >= 0.3 is 0 Å². The van der Waals surface area contributed by atoms with Gasteiger partial charge in [0.25, 0.3) is 0 Å². The van der Waals surface area contributed by atoms with E-state index in [2.05, 4.69) is 26.0 Å². The minimum absolute atomic E-state index is 0. The first-order valence-electron chi connectivity index (χ1n) is 3.47. The minimum Gasteiger partial charge on any atom is -0.0882 e. The van der Waals surface area contributed by atoms with Gasteiger partial charge in [-0.2, -0.15) is 0 Å². The van der Waals surface area contributed by atoms with Crippen LogP contribution in [0.5, 0.6) is 0 Å². The van der Waals surface area contributed by atoms with E-state index in [9.17, 15) is 0 Å². The second-order valence-corrected chi connectivity index (χ2v) is 2.91. The van der Waals surface area contributed by atoms with Crippen LogP contribution in [-0.4, -0.2) is 0 Å². The first-order valence-corrected chi connectivity index (χ1v) is 3.47. The third-order valence-electron chi connectivity index (χ3n) is 1.91. The van der Waals surface area contributed by atoms with Gasteiger partial charge in [-0.3, -0.25) is 0 Å². The molecule has 1 aliphatic rings. The van der Waals surface area contributed by atoms with Crippen molar-refractivity contribution in [3.8, 4) is 0 Å². The van der Waals surface area contributed by atoms with E-state index in [0.717, 1.165) is 11.8 Å². The van der Waals surface area contributed by atoms with Crippen LogP contribution in [0.1, 0.15) is 26.7 Å². The number of hydrogen-bond acceptors (Lipinski definition) is 0. The largest absolute Gasteiger partial charge is 0.0882 e. The second kappa shape index (κ2) is 4.28. The van der Waals surface area contributed by atoms with E-state index in [4.69, 9.17) is 0 Å². The SMILES string of the molecule is CC(C)C1C=CCC1.[W]. The summed E-state index contributed by atoms with van der Waals surface area (Å²) >= 11 is 0. The van der Waals surface area contributed by atoms with Crippen molar-refractivity contribution in [2.45, 2.75) is 26.7 Å². The molecular weight excluding hydrogens is 280 g/mol. The molecule has 0 aromatic carbocycles. The normalized spacial score (nSPS) is 24.6. The third kappa shape index (κ3) is 2.67. The Balaban J connectivity index is 0.000000640. The predicted octanol–water partition coefficient (Wildman–Crippen LogP) is 2.61. The van der Waals surface area contributed by atoms with Crippen LogP contribution in [0.2, 0.25) is 0 Å². The van der Waals surface area contributed by atoms with Gasteiger partial charge in [0.2, 0.25) is 0 Å². The van der Waals surface area contributed by atoms with Gasteiger partial charge in [-0.05, 0) is 24.7 Å². The molecule has 0 aliphatic heterocycles. The molecule has 0 spiro atoms. The van der Waals surface area contributed by atoms with E-state index in [1.807, 2.05) is 0 Å². The Kier molecular flexibility index (Phi) is 4.48. The smallest absolute Gasteiger partial charge is 0 e. The number of allylic oxidation sites excluding steroid dienone is 2. The van der Waals surface area contributed by atoms with E-state index in [-0.39, 0.29) is 21.1 Å². The zero-order valence-corrected chi connectivity index (χ0v) is 9.07. The summed E-state index contributed by atoms with van der Waals surface area (Å²) in [6, 6.07) is 0. The van der Waals surface area contributed by atoms with Crippen molar-refractivity contribution < 1.29 is 21.1 Å². The summed E-state index contributed by atoms with van der Waals surface area (Å²) < 4.78 is 0. The standard InChI is InChI=1S/C8H14.W/c1-7(2)8-5-3-4-6-8;/h3,5,7-8H,4,6H2,1-2H3;. The maximum Gasteiger partial charge on any atom is 0 e. The van der Waals surface area contributed by atoms with Crippen LogP contribution in [0, 0.1) is 11.8 Å². The van der Waals surface area contributed by atoms with Gasteiger partial charge in [-0.15, -0.1) is 0 Å². The quantitative estimate of drug-likeness (QED) is 0.652. The Bertz CT molecular complexity index is 94.7. The maximum absolute atomic E-state index is 2.35. The van der Waals surface area contributed by atoms with Crippen LogP contribution in [-0.2, 0) is 21.1 Å². The minimum atomic E-state index is 0. The fraction of sp³-hybridized carbons (Fsp3) is 0.750. The van der Waals surface area contributed by atoms with E-state index >= 15 is 0 Å². The molecule has 0 fully saturated rings.